The van der Waals surface area contributed by atoms with E-state index < -0.39 is 0 Å². The number of fused-ring (bicyclic) bond motifs is 1. The lowest BCUT2D eigenvalue weighted by Gasteiger charge is -2.26. The topological polar surface area (TPSA) is 24.5 Å². The van der Waals surface area contributed by atoms with E-state index in [2.05, 4.69) is 74.3 Å². The second-order valence-electron chi connectivity index (χ2n) is 7.72. The van der Waals surface area contributed by atoms with Crippen LogP contribution in [0.15, 0.2) is 36.4 Å². The van der Waals surface area contributed by atoms with E-state index in [0.717, 1.165) is 30.9 Å². The van der Waals surface area contributed by atoms with Crippen LogP contribution in [-0.2, 0) is 0 Å². The highest BCUT2D eigenvalue weighted by molar-refractivity contribution is 5.95. The molecule has 0 bridgehead atoms. The zero-order valence-electron chi connectivity index (χ0n) is 16.5. The number of nitrogens with one attached hydrogen (secondary N) is 1. The molecule has 0 heterocycles. The Morgan fingerprint density at radius 2 is 1.68 bits per heavy atom. The molecule has 3 heteroatoms. The maximum Gasteiger partial charge on any atom is 0.121 e. The van der Waals surface area contributed by atoms with Gasteiger partial charge in [0.2, 0.25) is 0 Å². The minimum atomic E-state index is 0.717. The minimum absolute atomic E-state index is 0.717. The van der Waals surface area contributed by atoms with Crippen molar-refractivity contribution in [1.29, 1.82) is 0 Å². The van der Waals surface area contributed by atoms with Crippen LogP contribution in [0.2, 0.25) is 0 Å². The fourth-order valence-corrected chi connectivity index (χ4v) is 3.36. The quantitative estimate of drug-likeness (QED) is 0.596. The average Bonchev–Trinajstić information content (AvgIpc) is 2.57. The molecule has 0 fully saturated rings. The Balaban J connectivity index is 1.95. The van der Waals surface area contributed by atoms with Crippen LogP contribution in [0.25, 0.3) is 10.8 Å². The van der Waals surface area contributed by atoms with Crippen molar-refractivity contribution in [2.75, 3.05) is 38.6 Å². The zero-order chi connectivity index (χ0) is 18.2. The van der Waals surface area contributed by atoms with E-state index in [1.165, 1.54) is 23.9 Å². The Kier molecular flexibility index (Phi) is 7.57. The number of rotatable bonds is 10. The highest BCUT2D eigenvalue weighted by Gasteiger charge is 2.09. The van der Waals surface area contributed by atoms with Crippen LogP contribution in [0.1, 0.15) is 34.1 Å². The molecule has 0 aliphatic carbocycles. The maximum atomic E-state index is 5.45. The van der Waals surface area contributed by atoms with Gasteiger partial charge in [0.25, 0.3) is 0 Å². The monoisotopic (exact) mass is 342 g/mol. The minimum Gasteiger partial charge on any atom is -0.497 e. The molecule has 0 spiro atoms. The highest BCUT2D eigenvalue weighted by Crippen LogP contribution is 2.29. The van der Waals surface area contributed by atoms with Crippen molar-refractivity contribution in [3.8, 4) is 5.75 Å². The van der Waals surface area contributed by atoms with E-state index >= 15 is 0 Å². The van der Waals surface area contributed by atoms with Crippen LogP contribution in [-0.4, -0.2) is 38.2 Å². The van der Waals surface area contributed by atoms with Gasteiger partial charge < -0.3 is 15.0 Å². The van der Waals surface area contributed by atoms with Crippen molar-refractivity contribution in [3.63, 3.8) is 0 Å². The van der Waals surface area contributed by atoms with E-state index in [1.54, 1.807) is 7.11 Å². The molecule has 0 saturated heterocycles. The van der Waals surface area contributed by atoms with Gasteiger partial charge in [-0.05, 0) is 36.3 Å². The van der Waals surface area contributed by atoms with Crippen molar-refractivity contribution in [3.05, 3.63) is 36.4 Å². The van der Waals surface area contributed by atoms with Gasteiger partial charge in [-0.3, -0.25) is 0 Å². The molecule has 0 aliphatic rings. The molecule has 0 radical (unpaired) electrons. The number of hydrogen-bond acceptors (Lipinski definition) is 3. The lowest BCUT2D eigenvalue weighted by molar-refractivity contribution is 0.219. The molecule has 2 aromatic carbocycles. The first-order chi connectivity index (χ1) is 12.0. The summed E-state index contributed by atoms with van der Waals surface area (Å²) >= 11 is 0. The van der Waals surface area contributed by atoms with E-state index in [4.69, 9.17) is 4.74 Å². The molecule has 0 aliphatic heterocycles. The molecule has 2 aromatic rings. The molecule has 0 amide bonds. The van der Waals surface area contributed by atoms with Gasteiger partial charge in [0, 0.05) is 36.8 Å². The Morgan fingerprint density at radius 3 is 2.32 bits per heavy atom. The van der Waals surface area contributed by atoms with E-state index in [-0.39, 0.29) is 0 Å². The van der Waals surface area contributed by atoms with Crippen LogP contribution in [0, 0.1) is 11.8 Å². The summed E-state index contributed by atoms with van der Waals surface area (Å²) in [6.07, 6.45) is 1.14. The molecule has 25 heavy (non-hydrogen) atoms. The summed E-state index contributed by atoms with van der Waals surface area (Å²) in [5.74, 6) is 2.34. The Labute approximate surface area is 153 Å². The van der Waals surface area contributed by atoms with E-state index in [1.807, 2.05) is 0 Å². The first-order valence-electron chi connectivity index (χ1n) is 9.52. The molecular formula is C22H34N2O. The average molecular weight is 343 g/mol. The number of hydrogen-bond donors (Lipinski definition) is 1. The number of ether oxygens (including phenoxy) is 1. The molecule has 3 nitrogen and oxygen atoms in total. The fraction of sp³-hybridized carbons (Fsp3) is 0.545. The SMILES string of the molecule is COc1cc(NCCCN(CC(C)C)CC(C)C)c2ccccc2c1. The summed E-state index contributed by atoms with van der Waals surface area (Å²) in [6, 6.07) is 12.7. The number of benzene rings is 2. The van der Waals surface area contributed by atoms with Crippen LogP contribution >= 0.6 is 0 Å². The van der Waals surface area contributed by atoms with Gasteiger partial charge in [0.05, 0.1) is 7.11 Å². The molecule has 1 N–H and O–H groups in total. The third kappa shape index (κ3) is 6.24. The van der Waals surface area contributed by atoms with Crippen molar-refractivity contribution in [2.24, 2.45) is 11.8 Å². The van der Waals surface area contributed by atoms with Gasteiger partial charge >= 0.3 is 0 Å². The highest BCUT2D eigenvalue weighted by atomic mass is 16.5. The predicted octanol–water partition coefficient (Wildman–Crippen LogP) is 5.26. The number of nitrogens with zero attached hydrogens (tertiary/aromatic N) is 1. The van der Waals surface area contributed by atoms with Gasteiger partial charge in [-0.15, -0.1) is 0 Å². The lowest BCUT2D eigenvalue weighted by Crippen LogP contribution is -2.33. The van der Waals surface area contributed by atoms with Gasteiger partial charge in [-0.25, -0.2) is 0 Å². The van der Waals surface area contributed by atoms with Crippen molar-refractivity contribution in [2.45, 2.75) is 34.1 Å². The zero-order valence-corrected chi connectivity index (χ0v) is 16.5. The molecule has 0 aromatic heterocycles. The molecule has 0 atom stereocenters. The third-order valence-electron chi connectivity index (χ3n) is 4.28. The maximum absolute atomic E-state index is 5.45. The van der Waals surface area contributed by atoms with Gasteiger partial charge in [-0.1, -0.05) is 52.0 Å². The largest absolute Gasteiger partial charge is 0.497 e. The van der Waals surface area contributed by atoms with Crippen molar-refractivity contribution < 1.29 is 4.74 Å². The first kappa shape index (κ1) is 19.6. The summed E-state index contributed by atoms with van der Waals surface area (Å²) in [6.45, 7) is 13.7. The van der Waals surface area contributed by atoms with Crippen LogP contribution < -0.4 is 10.1 Å². The Hall–Kier alpha value is -1.74. The molecule has 138 valence electrons. The molecule has 2 rings (SSSR count). The smallest absolute Gasteiger partial charge is 0.121 e. The van der Waals surface area contributed by atoms with E-state index in [9.17, 15) is 0 Å². The standard InChI is InChI=1S/C22H34N2O/c1-17(2)15-24(16-18(3)4)12-8-11-23-22-14-20(25-5)13-19-9-6-7-10-21(19)22/h6-7,9-10,13-14,17-18,23H,8,11-12,15-16H2,1-5H3. The van der Waals surface area contributed by atoms with Crippen molar-refractivity contribution >= 4 is 16.5 Å². The third-order valence-corrected chi connectivity index (χ3v) is 4.28. The van der Waals surface area contributed by atoms with Crippen LogP contribution in [0.5, 0.6) is 5.75 Å². The Bertz CT molecular complexity index is 642. The molecular weight excluding hydrogens is 308 g/mol. The molecule has 0 saturated carbocycles. The predicted molar refractivity (Wildman–Crippen MR) is 110 cm³/mol. The second-order valence-corrected chi connectivity index (χ2v) is 7.72. The van der Waals surface area contributed by atoms with E-state index in [0.29, 0.717) is 11.8 Å². The second kappa shape index (κ2) is 9.67. The first-order valence-corrected chi connectivity index (χ1v) is 9.52. The van der Waals surface area contributed by atoms with Gasteiger partial charge in [0.15, 0.2) is 0 Å². The van der Waals surface area contributed by atoms with Gasteiger partial charge in [0.1, 0.15) is 5.75 Å². The summed E-state index contributed by atoms with van der Waals surface area (Å²) in [7, 11) is 1.73. The van der Waals surface area contributed by atoms with Crippen LogP contribution in [0.4, 0.5) is 5.69 Å². The number of anilines is 1. The summed E-state index contributed by atoms with van der Waals surface area (Å²) in [5, 5.41) is 6.09. The van der Waals surface area contributed by atoms with Gasteiger partial charge in [-0.2, -0.15) is 0 Å². The summed E-state index contributed by atoms with van der Waals surface area (Å²) < 4.78 is 5.45. The number of methoxy groups -OCH3 is 1. The molecule has 0 unspecified atom stereocenters. The fourth-order valence-electron chi connectivity index (χ4n) is 3.36. The Morgan fingerprint density at radius 1 is 1.00 bits per heavy atom. The lowest BCUT2D eigenvalue weighted by atomic mass is 10.1. The summed E-state index contributed by atoms with van der Waals surface area (Å²) in [5.41, 5.74) is 1.16. The normalized spacial score (nSPS) is 11.7. The van der Waals surface area contributed by atoms with Crippen molar-refractivity contribution in [1.82, 2.24) is 4.90 Å². The summed E-state index contributed by atoms with van der Waals surface area (Å²) in [4.78, 5) is 2.60. The van der Waals surface area contributed by atoms with Crippen LogP contribution in [0.3, 0.4) is 0 Å².